The summed E-state index contributed by atoms with van der Waals surface area (Å²) in [5, 5.41) is 3.30. The molecule has 0 spiro atoms. The summed E-state index contributed by atoms with van der Waals surface area (Å²) in [6, 6.07) is 8.89. The topological polar surface area (TPSA) is 21.3 Å². The van der Waals surface area contributed by atoms with Crippen LogP contribution in [0.3, 0.4) is 0 Å². The summed E-state index contributed by atoms with van der Waals surface area (Å²) < 4.78 is 5.43. The Morgan fingerprint density at radius 3 is 2.85 bits per heavy atom. The molecule has 0 saturated heterocycles. The Morgan fingerprint density at radius 2 is 2.15 bits per heavy atom. The fraction of sp³-hybridized carbons (Fsp3) is 0.455. The van der Waals surface area contributed by atoms with Crippen LogP contribution >= 0.6 is 0 Å². The molecule has 0 saturated carbocycles. The number of methoxy groups -OCH3 is 1. The van der Waals surface area contributed by atoms with Gasteiger partial charge in [-0.2, -0.15) is 0 Å². The zero-order chi connectivity index (χ0) is 9.26. The van der Waals surface area contributed by atoms with Gasteiger partial charge in [0.05, 0.1) is 12.1 Å². The van der Waals surface area contributed by atoms with Crippen molar-refractivity contribution in [2.24, 2.45) is 0 Å². The molecule has 0 bridgehead atoms. The van der Waals surface area contributed by atoms with Crippen molar-refractivity contribution in [3.8, 4) is 0 Å². The molecule has 70 valence electrons. The largest absolute Gasteiger partial charge is 0.379 e. The molecular weight excluding hydrogens is 162 g/mol. The first-order valence-electron chi connectivity index (χ1n) is 4.64. The first kappa shape index (κ1) is 8.73. The maximum absolute atomic E-state index is 5.43. The second-order valence-electron chi connectivity index (χ2n) is 3.44. The third-order valence-corrected chi connectivity index (χ3v) is 2.80. The van der Waals surface area contributed by atoms with Gasteiger partial charge in [-0.05, 0) is 18.2 Å². The zero-order valence-corrected chi connectivity index (χ0v) is 8.08. The van der Waals surface area contributed by atoms with Crippen molar-refractivity contribution in [1.82, 2.24) is 5.32 Å². The molecule has 1 aromatic rings. The Bertz CT molecular complexity index is 298. The summed E-state index contributed by atoms with van der Waals surface area (Å²) in [7, 11) is 3.76. The highest BCUT2D eigenvalue weighted by molar-refractivity contribution is 5.36. The van der Waals surface area contributed by atoms with E-state index in [1.54, 1.807) is 7.11 Å². The van der Waals surface area contributed by atoms with E-state index in [0.29, 0.717) is 12.1 Å². The van der Waals surface area contributed by atoms with E-state index in [4.69, 9.17) is 4.74 Å². The number of rotatable bonds is 2. The molecule has 1 N–H and O–H groups in total. The van der Waals surface area contributed by atoms with Crippen molar-refractivity contribution in [3.05, 3.63) is 35.4 Å². The van der Waals surface area contributed by atoms with Crippen molar-refractivity contribution in [1.29, 1.82) is 0 Å². The summed E-state index contributed by atoms with van der Waals surface area (Å²) in [6.45, 7) is 0. The average molecular weight is 177 g/mol. The molecule has 0 fully saturated rings. The van der Waals surface area contributed by atoms with Gasteiger partial charge in [-0.15, -0.1) is 0 Å². The Balaban J connectivity index is 2.34. The van der Waals surface area contributed by atoms with Crippen molar-refractivity contribution in [2.75, 3.05) is 14.2 Å². The molecule has 0 unspecified atom stereocenters. The van der Waals surface area contributed by atoms with Gasteiger partial charge in [-0.25, -0.2) is 0 Å². The minimum atomic E-state index is 0.294. The number of ether oxygens (including phenoxy) is 1. The van der Waals surface area contributed by atoms with E-state index in [9.17, 15) is 0 Å². The number of benzene rings is 1. The van der Waals surface area contributed by atoms with Gasteiger partial charge in [-0.1, -0.05) is 24.3 Å². The van der Waals surface area contributed by atoms with Crippen molar-refractivity contribution in [2.45, 2.75) is 18.6 Å². The molecule has 2 nitrogen and oxygen atoms in total. The highest BCUT2D eigenvalue weighted by Crippen LogP contribution is 2.32. The quantitative estimate of drug-likeness (QED) is 0.739. The molecule has 2 atom stereocenters. The fourth-order valence-corrected chi connectivity index (χ4v) is 2.12. The molecular formula is C11H15NO. The molecule has 2 rings (SSSR count). The van der Waals surface area contributed by atoms with Gasteiger partial charge >= 0.3 is 0 Å². The molecule has 13 heavy (non-hydrogen) atoms. The van der Waals surface area contributed by atoms with Crippen LogP contribution in [0.25, 0.3) is 0 Å². The summed E-state index contributed by atoms with van der Waals surface area (Å²) >= 11 is 0. The number of nitrogens with one attached hydrogen (secondary N) is 1. The molecule has 0 heterocycles. The number of likely N-dealkylation sites (N-methyl/N-ethyl adjacent to an activating group) is 1. The van der Waals surface area contributed by atoms with Crippen LogP contribution in [0, 0.1) is 0 Å². The minimum absolute atomic E-state index is 0.294. The Labute approximate surface area is 78.9 Å². The van der Waals surface area contributed by atoms with E-state index >= 15 is 0 Å². The van der Waals surface area contributed by atoms with Crippen LogP contribution in [0.2, 0.25) is 0 Å². The molecule has 0 radical (unpaired) electrons. The van der Waals surface area contributed by atoms with Gasteiger partial charge in [-0.3, -0.25) is 0 Å². The highest BCUT2D eigenvalue weighted by Gasteiger charge is 2.30. The predicted octanol–water partition coefficient (Wildman–Crippen LogP) is 1.52. The third kappa shape index (κ3) is 1.36. The lowest BCUT2D eigenvalue weighted by molar-refractivity contribution is 0.0815. The van der Waals surface area contributed by atoms with Gasteiger partial charge in [0.25, 0.3) is 0 Å². The van der Waals surface area contributed by atoms with E-state index in [1.807, 2.05) is 7.05 Å². The molecule has 0 aromatic heterocycles. The second-order valence-corrected chi connectivity index (χ2v) is 3.44. The van der Waals surface area contributed by atoms with Crippen LogP contribution in [0.5, 0.6) is 0 Å². The number of fused-ring (bicyclic) bond motifs is 1. The standard InChI is InChI=1S/C11H15NO/c1-12-11-9-6-4-3-5-8(9)7-10(11)13-2/h3-6,10-12H,7H2,1-2H3/t10-,11-/m0/s1. The third-order valence-electron chi connectivity index (χ3n) is 2.80. The minimum Gasteiger partial charge on any atom is -0.379 e. The van der Waals surface area contributed by atoms with E-state index < -0.39 is 0 Å². The van der Waals surface area contributed by atoms with Gasteiger partial charge in [0, 0.05) is 13.5 Å². The summed E-state index contributed by atoms with van der Waals surface area (Å²) in [6.07, 6.45) is 1.32. The molecule has 1 aliphatic carbocycles. The van der Waals surface area contributed by atoms with Crippen molar-refractivity contribution in [3.63, 3.8) is 0 Å². The Hall–Kier alpha value is -0.860. The molecule has 1 aliphatic rings. The smallest absolute Gasteiger partial charge is 0.0806 e. The maximum Gasteiger partial charge on any atom is 0.0806 e. The maximum atomic E-state index is 5.43. The van der Waals surface area contributed by atoms with Crippen LogP contribution in [0.15, 0.2) is 24.3 Å². The number of hydrogen-bond acceptors (Lipinski definition) is 2. The molecule has 0 amide bonds. The predicted molar refractivity (Wildman–Crippen MR) is 52.7 cm³/mol. The number of hydrogen-bond donors (Lipinski definition) is 1. The first-order chi connectivity index (χ1) is 6.36. The van der Waals surface area contributed by atoms with Crippen LogP contribution in [0.4, 0.5) is 0 Å². The van der Waals surface area contributed by atoms with Gasteiger partial charge in [0.2, 0.25) is 0 Å². The first-order valence-corrected chi connectivity index (χ1v) is 4.64. The van der Waals surface area contributed by atoms with E-state index in [0.717, 1.165) is 6.42 Å². The lowest BCUT2D eigenvalue weighted by Crippen LogP contribution is -2.27. The van der Waals surface area contributed by atoms with Gasteiger partial charge < -0.3 is 10.1 Å². The zero-order valence-electron chi connectivity index (χ0n) is 8.08. The van der Waals surface area contributed by atoms with Crippen LogP contribution in [0.1, 0.15) is 17.2 Å². The lowest BCUT2D eigenvalue weighted by Gasteiger charge is -2.17. The molecule has 2 heteroatoms. The van der Waals surface area contributed by atoms with Crippen molar-refractivity contribution < 1.29 is 4.74 Å². The fourth-order valence-electron chi connectivity index (χ4n) is 2.12. The highest BCUT2D eigenvalue weighted by atomic mass is 16.5. The lowest BCUT2D eigenvalue weighted by atomic mass is 10.1. The summed E-state index contributed by atoms with van der Waals surface area (Å²) in [5.41, 5.74) is 2.80. The Kier molecular flexibility index (Phi) is 2.34. The van der Waals surface area contributed by atoms with Crippen molar-refractivity contribution >= 4 is 0 Å². The average Bonchev–Trinajstić information content (AvgIpc) is 2.55. The summed E-state index contributed by atoms with van der Waals surface area (Å²) in [4.78, 5) is 0. The van der Waals surface area contributed by atoms with Crippen LogP contribution in [-0.2, 0) is 11.2 Å². The van der Waals surface area contributed by atoms with E-state index in [1.165, 1.54) is 11.1 Å². The Morgan fingerprint density at radius 1 is 1.38 bits per heavy atom. The normalized spacial score (nSPS) is 26.0. The molecule has 1 aromatic carbocycles. The van der Waals surface area contributed by atoms with Gasteiger partial charge in [0.15, 0.2) is 0 Å². The van der Waals surface area contributed by atoms with E-state index in [2.05, 4.69) is 29.6 Å². The van der Waals surface area contributed by atoms with E-state index in [-0.39, 0.29) is 0 Å². The monoisotopic (exact) mass is 177 g/mol. The van der Waals surface area contributed by atoms with Gasteiger partial charge in [0.1, 0.15) is 0 Å². The summed E-state index contributed by atoms with van der Waals surface area (Å²) in [5.74, 6) is 0. The SMILES string of the molecule is CN[C@H]1c2ccccc2C[C@@H]1OC. The van der Waals surface area contributed by atoms with Crippen LogP contribution in [-0.4, -0.2) is 20.3 Å². The second kappa shape index (κ2) is 3.48. The van der Waals surface area contributed by atoms with Crippen LogP contribution < -0.4 is 5.32 Å². The molecule has 0 aliphatic heterocycles.